The number of nitrogens with one attached hydrogen (secondary N) is 1. The molecule has 0 spiro atoms. The Bertz CT molecular complexity index is 662. The fourth-order valence-corrected chi connectivity index (χ4v) is 5.23. The van der Waals surface area contributed by atoms with Crippen molar-refractivity contribution in [3.8, 4) is 0 Å². The highest BCUT2D eigenvalue weighted by molar-refractivity contribution is 7.99. The zero-order valence-electron chi connectivity index (χ0n) is 17.9. The van der Waals surface area contributed by atoms with Crippen molar-refractivity contribution in [3.05, 3.63) is 11.4 Å². The molecule has 0 radical (unpaired) electrons. The van der Waals surface area contributed by atoms with Crippen LogP contribution in [0.4, 0.5) is 0 Å². The van der Waals surface area contributed by atoms with Crippen LogP contribution in [0.5, 0.6) is 0 Å². The number of thioether (sulfide) groups is 1. The van der Waals surface area contributed by atoms with Crippen LogP contribution in [-0.2, 0) is 9.53 Å². The van der Waals surface area contributed by atoms with Crippen LogP contribution in [0.25, 0.3) is 0 Å². The fourth-order valence-electron chi connectivity index (χ4n) is 4.24. The maximum Gasteiger partial charge on any atom is 0.230 e. The Morgan fingerprint density at radius 1 is 1.21 bits per heavy atom. The first kappa shape index (κ1) is 21.7. The first-order chi connectivity index (χ1) is 13.4. The molecule has 0 bridgehead atoms. The van der Waals surface area contributed by atoms with E-state index >= 15 is 0 Å². The minimum absolute atomic E-state index is 0.0577. The fraction of sp³-hybridized carbons (Fsp3) is 0.810. The summed E-state index contributed by atoms with van der Waals surface area (Å²) in [7, 11) is 0. The number of morpholine rings is 1. The van der Waals surface area contributed by atoms with Crippen LogP contribution in [0.3, 0.4) is 0 Å². The van der Waals surface area contributed by atoms with Crippen LogP contribution in [0.15, 0.2) is 5.16 Å². The van der Waals surface area contributed by atoms with E-state index in [9.17, 15) is 4.79 Å². The van der Waals surface area contributed by atoms with E-state index < -0.39 is 0 Å². The average molecular weight is 409 g/mol. The minimum Gasteiger partial charge on any atom is -0.379 e. The first-order valence-electron chi connectivity index (χ1n) is 10.7. The third-order valence-corrected chi connectivity index (χ3v) is 7.16. The number of carbonyl (C=O) groups is 1. The Kier molecular flexibility index (Phi) is 7.45. The van der Waals surface area contributed by atoms with E-state index in [0.29, 0.717) is 18.3 Å². The molecule has 1 saturated heterocycles. The normalized spacial score (nSPS) is 19.7. The van der Waals surface area contributed by atoms with E-state index in [1.54, 1.807) is 11.8 Å². The van der Waals surface area contributed by atoms with E-state index in [1.165, 1.54) is 37.8 Å². The standard InChI is InChI=1S/C21H36N4O2S/c1-16-17(2)25(18-8-6-5-7-9-18)20(23-16)28-14-19(26)22-15-21(3,4)24-10-12-27-13-11-24/h18H,5-15H2,1-4H3,(H,22,26). The first-order valence-corrected chi connectivity index (χ1v) is 11.6. The van der Waals surface area contributed by atoms with Crippen molar-refractivity contribution in [2.75, 3.05) is 38.6 Å². The van der Waals surface area contributed by atoms with Crippen molar-refractivity contribution < 1.29 is 9.53 Å². The average Bonchev–Trinajstić information content (AvgIpc) is 3.00. The van der Waals surface area contributed by atoms with Gasteiger partial charge in [-0.3, -0.25) is 9.69 Å². The number of hydrogen-bond donors (Lipinski definition) is 1. The zero-order chi connectivity index (χ0) is 20.1. The summed E-state index contributed by atoms with van der Waals surface area (Å²) in [5.41, 5.74) is 2.28. The Morgan fingerprint density at radius 2 is 1.89 bits per heavy atom. The van der Waals surface area contributed by atoms with Gasteiger partial charge in [0.15, 0.2) is 5.16 Å². The van der Waals surface area contributed by atoms with E-state index in [2.05, 4.69) is 42.5 Å². The molecular formula is C21H36N4O2S. The van der Waals surface area contributed by atoms with Gasteiger partial charge in [0.25, 0.3) is 0 Å². The van der Waals surface area contributed by atoms with Crippen LogP contribution in [-0.4, -0.2) is 64.5 Å². The molecule has 0 aromatic carbocycles. The Balaban J connectivity index is 1.53. The van der Waals surface area contributed by atoms with Crippen molar-refractivity contribution in [2.24, 2.45) is 0 Å². The quantitative estimate of drug-likeness (QED) is 0.702. The molecule has 1 aliphatic heterocycles. The maximum atomic E-state index is 12.5. The summed E-state index contributed by atoms with van der Waals surface area (Å²) in [5, 5.41) is 4.14. The van der Waals surface area contributed by atoms with Gasteiger partial charge in [-0.1, -0.05) is 31.0 Å². The van der Waals surface area contributed by atoms with Crippen LogP contribution < -0.4 is 5.32 Å². The van der Waals surface area contributed by atoms with E-state index in [1.807, 2.05) is 0 Å². The number of rotatable bonds is 7. The predicted molar refractivity (Wildman–Crippen MR) is 114 cm³/mol. The molecule has 1 saturated carbocycles. The molecule has 2 aliphatic rings. The molecule has 28 heavy (non-hydrogen) atoms. The van der Waals surface area contributed by atoms with E-state index in [0.717, 1.165) is 37.2 Å². The summed E-state index contributed by atoms with van der Waals surface area (Å²) < 4.78 is 7.83. The summed E-state index contributed by atoms with van der Waals surface area (Å²) in [5.74, 6) is 0.502. The van der Waals surface area contributed by atoms with Crippen molar-refractivity contribution in [2.45, 2.75) is 76.5 Å². The van der Waals surface area contributed by atoms with Crippen LogP contribution in [0, 0.1) is 13.8 Å². The van der Waals surface area contributed by atoms with Crippen molar-refractivity contribution in [3.63, 3.8) is 0 Å². The Labute approximate surface area is 173 Å². The van der Waals surface area contributed by atoms with Crippen LogP contribution >= 0.6 is 11.8 Å². The molecule has 1 aromatic rings. The summed E-state index contributed by atoms with van der Waals surface area (Å²) in [6.07, 6.45) is 6.38. The molecule has 158 valence electrons. The predicted octanol–water partition coefficient (Wildman–Crippen LogP) is 3.32. The summed E-state index contributed by atoms with van der Waals surface area (Å²) in [4.78, 5) is 19.7. The Morgan fingerprint density at radius 3 is 2.57 bits per heavy atom. The summed E-state index contributed by atoms with van der Waals surface area (Å²) >= 11 is 1.58. The van der Waals surface area contributed by atoms with Gasteiger partial charge in [-0.15, -0.1) is 0 Å². The molecule has 7 heteroatoms. The topological polar surface area (TPSA) is 59.4 Å². The van der Waals surface area contributed by atoms with Gasteiger partial charge in [0.05, 0.1) is 24.7 Å². The number of ether oxygens (including phenoxy) is 1. The Hall–Kier alpha value is -1.05. The largest absolute Gasteiger partial charge is 0.379 e. The number of aromatic nitrogens is 2. The number of aryl methyl sites for hydroxylation is 1. The van der Waals surface area contributed by atoms with Crippen molar-refractivity contribution in [1.82, 2.24) is 19.8 Å². The van der Waals surface area contributed by atoms with Crippen molar-refractivity contribution >= 4 is 17.7 Å². The number of nitrogens with zero attached hydrogens (tertiary/aromatic N) is 3. The third kappa shape index (κ3) is 5.30. The number of carbonyl (C=O) groups excluding carboxylic acids is 1. The lowest BCUT2D eigenvalue weighted by Gasteiger charge is -2.40. The molecule has 1 amide bonds. The third-order valence-electron chi connectivity index (χ3n) is 6.21. The van der Waals surface area contributed by atoms with E-state index in [4.69, 9.17) is 9.72 Å². The lowest BCUT2D eigenvalue weighted by molar-refractivity contribution is -0.119. The van der Waals surface area contributed by atoms with Gasteiger partial charge in [-0.2, -0.15) is 0 Å². The molecule has 1 aromatic heterocycles. The zero-order valence-corrected chi connectivity index (χ0v) is 18.7. The minimum atomic E-state index is -0.0577. The molecule has 0 unspecified atom stereocenters. The highest BCUT2D eigenvalue weighted by atomic mass is 32.2. The highest BCUT2D eigenvalue weighted by Gasteiger charge is 2.29. The number of hydrogen-bond acceptors (Lipinski definition) is 5. The molecule has 0 atom stereocenters. The smallest absolute Gasteiger partial charge is 0.230 e. The molecule has 3 rings (SSSR count). The van der Waals surface area contributed by atoms with Gasteiger partial charge in [0.2, 0.25) is 5.91 Å². The number of amides is 1. The van der Waals surface area contributed by atoms with Gasteiger partial charge in [-0.05, 0) is 40.5 Å². The van der Waals surface area contributed by atoms with Crippen molar-refractivity contribution in [1.29, 1.82) is 0 Å². The molecule has 2 heterocycles. The lowest BCUT2D eigenvalue weighted by atomic mass is 9.95. The van der Waals surface area contributed by atoms with E-state index in [-0.39, 0.29) is 11.4 Å². The van der Waals surface area contributed by atoms with Gasteiger partial charge < -0.3 is 14.6 Å². The second-order valence-corrected chi connectivity index (χ2v) is 9.65. The van der Waals surface area contributed by atoms with Gasteiger partial charge in [0, 0.05) is 36.9 Å². The summed E-state index contributed by atoms with van der Waals surface area (Å²) in [6.45, 7) is 12.7. The van der Waals surface area contributed by atoms with Gasteiger partial charge in [0.1, 0.15) is 0 Å². The second-order valence-electron chi connectivity index (χ2n) is 8.70. The van der Waals surface area contributed by atoms with Crippen LogP contribution in [0.2, 0.25) is 0 Å². The molecule has 2 fully saturated rings. The molecule has 1 aliphatic carbocycles. The molecular weight excluding hydrogens is 372 g/mol. The monoisotopic (exact) mass is 408 g/mol. The molecule has 6 nitrogen and oxygen atoms in total. The van der Waals surface area contributed by atoms with Crippen LogP contribution in [0.1, 0.15) is 63.4 Å². The SMILES string of the molecule is Cc1nc(SCC(=O)NCC(C)(C)N2CCOCC2)n(C2CCCCC2)c1C. The summed E-state index contributed by atoms with van der Waals surface area (Å²) in [6, 6.07) is 0.542. The second kappa shape index (κ2) is 9.63. The van der Waals surface area contributed by atoms with Gasteiger partial charge in [-0.25, -0.2) is 4.98 Å². The number of imidazole rings is 1. The maximum absolute atomic E-state index is 12.5. The van der Waals surface area contributed by atoms with Gasteiger partial charge >= 0.3 is 0 Å². The lowest BCUT2D eigenvalue weighted by Crippen LogP contribution is -2.55. The molecule has 1 N–H and O–H groups in total. The highest BCUT2D eigenvalue weighted by Crippen LogP contribution is 2.34.